The number of hydrogen-bond acceptors (Lipinski definition) is 4. The Labute approximate surface area is 130 Å². The van der Waals surface area contributed by atoms with Crippen LogP contribution in [0.1, 0.15) is 41.7 Å². The van der Waals surface area contributed by atoms with Crippen LogP contribution >= 0.6 is 0 Å². The van der Waals surface area contributed by atoms with E-state index < -0.39 is 0 Å². The summed E-state index contributed by atoms with van der Waals surface area (Å²) in [5.74, 6) is 0.309. The lowest BCUT2D eigenvalue weighted by Crippen LogP contribution is -2.19. The molecule has 0 radical (unpaired) electrons. The highest BCUT2D eigenvalue weighted by molar-refractivity contribution is 6.02. The van der Waals surface area contributed by atoms with Gasteiger partial charge in [0.05, 0.1) is 0 Å². The van der Waals surface area contributed by atoms with E-state index in [0.29, 0.717) is 17.7 Å². The molecular weight excluding hydrogens is 276 g/mol. The molecule has 0 bridgehead atoms. The minimum absolute atomic E-state index is 0.222. The molecule has 1 aromatic carbocycles. The fraction of sp³-hybridized carbons (Fsp3) is 0.353. The van der Waals surface area contributed by atoms with Crippen molar-refractivity contribution in [2.75, 3.05) is 10.6 Å². The first-order valence-electron chi connectivity index (χ1n) is 7.68. The zero-order valence-corrected chi connectivity index (χ0v) is 12.7. The number of carbonyl (C=O) groups is 1. The van der Waals surface area contributed by atoms with Crippen molar-refractivity contribution in [3.63, 3.8) is 0 Å². The van der Waals surface area contributed by atoms with Crippen LogP contribution in [0.3, 0.4) is 0 Å². The van der Waals surface area contributed by atoms with Gasteiger partial charge in [-0.05, 0) is 38.0 Å². The molecule has 0 aliphatic heterocycles. The van der Waals surface area contributed by atoms with Crippen LogP contribution < -0.4 is 10.6 Å². The molecular formula is C17H20N4O. The van der Waals surface area contributed by atoms with E-state index in [9.17, 15) is 4.79 Å². The molecule has 5 nitrogen and oxygen atoms in total. The molecule has 2 aromatic rings. The SMILES string of the molecule is Cc1ccc(NC(=O)c2ccnc(NC3CCCC3)n2)cc1. The quantitative estimate of drug-likeness (QED) is 0.907. The van der Waals surface area contributed by atoms with E-state index in [1.807, 2.05) is 31.2 Å². The third-order valence-electron chi connectivity index (χ3n) is 3.89. The molecule has 1 aliphatic carbocycles. The summed E-state index contributed by atoms with van der Waals surface area (Å²) in [5, 5.41) is 6.15. The summed E-state index contributed by atoms with van der Waals surface area (Å²) in [6.45, 7) is 2.01. The highest BCUT2D eigenvalue weighted by atomic mass is 16.1. The molecule has 114 valence electrons. The predicted molar refractivity (Wildman–Crippen MR) is 87.0 cm³/mol. The number of nitrogens with zero attached hydrogens (tertiary/aromatic N) is 2. The average molecular weight is 296 g/mol. The third-order valence-corrected chi connectivity index (χ3v) is 3.89. The van der Waals surface area contributed by atoms with Gasteiger partial charge in [-0.2, -0.15) is 0 Å². The Kier molecular flexibility index (Phi) is 4.32. The summed E-state index contributed by atoms with van der Waals surface area (Å²) >= 11 is 0. The Morgan fingerprint density at radius 1 is 1.14 bits per heavy atom. The van der Waals surface area contributed by atoms with Crippen molar-refractivity contribution >= 4 is 17.5 Å². The standard InChI is InChI=1S/C17H20N4O/c1-12-6-8-14(9-7-12)19-16(22)15-10-11-18-17(21-15)20-13-4-2-3-5-13/h6-11,13H,2-5H2,1H3,(H,19,22)(H,18,20,21). The molecule has 2 N–H and O–H groups in total. The van der Waals surface area contributed by atoms with Gasteiger partial charge in [0.2, 0.25) is 5.95 Å². The van der Waals surface area contributed by atoms with E-state index >= 15 is 0 Å². The van der Waals surface area contributed by atoms with Gasteiger partial charge in [-0.25, -0.2) is 9.97 Å². The maximum absolute atomic E-state index is 12.3. The van der Waals surface area contributed by atoms with Gasteiger partial charge in [-0.15, -0.1) is 0 Å². The summed E-state index contributed by atoms with van der Waals surface area (Å²) in [6, 6.07) is 9.74. The number of nitrogens with one attached hydrogen (secondary N) is 2. The lowest BCUT2D eigenvalue weighted by molar-refractivity contribution is 0.102. The first-order chi connectivity index (χ1) is 10.7. The van der Waals surface area contributed by atoms with E-state index in [2.05, 4.69) is 20.6 Å². The van der Waals surface area contributed by atoms with Crippen molar-refractivity contribution in [1.82, 2.24) is 9.97 Å². The van der Waals surface area contributed by atoms with Crippen LogP contribution in [0.2, 0.25) is 0 Å². The molecule has 22 heavy (non-hydrogen) atoms. The summed E-state index contributed by atoms with van der Waals surface area (Å²) in [7, 11) is 0. The minimum Gasteiger partial charge on any atom is -0.351 e. The van der Waals surface area contributed by atoms with Gasteiger partial charge in [0.25, 0.3) is 5.91 Å². The number of aryl methyl sites for hydroxylation is 1. The summed E-state index contributed by atoms with van der Waals surface area (Å²) in [5.41, 5.74) is 2.29. The minimum atomic E-state index is -0.222. The van der Waals surface area contributed by atoms with Crippen LogP contribution in [0.5, 0.6) is 0 Å². The van der Waals surface area contributed by atoms with Gasteiger partial charge < -0.3 is 10.6 Å². The fourth-order valence-corrected chi connectivity index (χ4v) is 2.64. The summed E-state index contributed by atoms with van der Waals surface area (Å²) < 4.78 is 0. The van der Waals surface area contributed by atoms with Crippen molar-refractivity contribution in [2.45, 2.75) is 38.6 Å². The van der Waals surface area contributed by atoms with E-state index in [-0.39, 0.29) is 5.91 Å². The molecule has 1 aliphatic rings. The van der Waals surface area contributed by atoms with Gasteiger partial charge in [0.1, 0.15) is 5.69 Å². The normalized spacial score (nSPS) is 14.8. The molecule has 0 atom stereocenters. The van der Waals surface area contributed by atoms with Gasteiger partial charge >= 0.3 is 0 Å². The smallest absolute Gasteiger partial charge is 0.274 e. The van der Waals surface area contributed by atoms with Crippen molar-refractivity contribution in [2.24, 2.45) is 0 Å². The number of rotatable bonds is 4. The lowest BCUT2D eigenvalue weighted by atomic mass is 10.2. The zero-order valence-electron chi connectivity index (χ0n) is 12.7. The number of aromatic nitrogens is 2. The molecule has 1 amide bonds. The van der Waals surface area contributed by atoms with Gasteiger partial charge in [-0.1, -0.05) is 30.5 Å². The van der Waals surface area contributed by atoms with Crippen molar-refractivity contribution in [1.29, 1.82) is 0 Å². The molecule has 0 spiro atoms. The topological polar surface area (TPSA) is 66.9 Å². The van der Waals surface area contributed by atoms with Crippen LogP contribution in [0, 0.1) is 6.92 Å². The Morgan fingerprint density at radius 3 is 2.59 bits per heavy atom. The highest BCUT2D eigenvalue weighted by Crippen LogP contribution is 2.20. The number of hydrogen-bond donors (Lipinski definition) is 2. The summed E-state index contributed by atoms with van der Waals surface area (Å²) in [6.07, 6.45) is 6.39. The lowest BCUT2D eigenvalue weighted by Gasteiger charge is -2.12. The number of carbonyl (C=O) groups excluding carboxylic acids is 1. The van der Waals surface area contributed by atoms with Crippen molar-refractivity contribution in [3.8, 4) is 0 Å². The predicted octanol–water partition coefficient (Wildman–Crippen LogP) is 3.39. The van der Waals surface area contributed by atoms with E-state index in [1.165, 1.54) is 12.8 Å². The second kappa shape index (κ2) is 6.56. The second-order valence-electron chi connectivity index (χ2n) is 5.71. The van der Waals surface area contributed by atoms with Crippen LogP contribution in [-0.4, -0.2) is 21.9 Å². The molecule has 1 aromatic heterocycles. The first kappa shape index (κ1) is 14.5. The van der Waals surface area contributed by atoms with E-state index in [0.717, 1.165) is 24.1 Å². The van der Waals surface area contributed by atoms with E-state index in [4.69, 9.17) is 0 Å². The van der Waals surface area contributed by atoms with E-state index in [1.54, 1.807) is 12.3 Å². The molecule has 1 fully saturated rings. The number of anilines is 2. The third kappa shape index (κ3) is 3.61. The van der Waals surface area contributed by atoms with Gasteiger partial charge in [0.15, 0.2) is 0 Å². The van der Waals surface area contributed by atoms with Crippen LogP contribution in [-0.2, 0) is 0 Å². The Hall–Kier alpha value is -2.43. The van der Waals surface area contributed by atoms with Crippen LogP contribution in [0.25, 0.3) is 0 Å². The van der Waals surface area contributed by atoms with Crippen LogP contribution in [0.4, 0.5) is 11.6 Å². The average Bonchev–Trinajstić information content (AvgIpc) is 3.03. The van der Waals surface area contributed by atoms with Crippen molar-refractivity contribution < 1.29 is 4.79 Å². The highest BCUT2D eigenvalue weighted by Gasteiger charge is 2.16. The number of amides is 1. The monoisotopic (exact) mass is 296 g/mol. The largest absolute Gasteiger partial charge is 0.351 e. The molecule has 3 rings (SSSR count). The van der Waals surface area contributed by atoms with Gasteiger partial charge in [0, 0.05) is 17.9 Å². The zero-order chi connectivity index (χ0) is 15.4. The van der Waals surface area contributed by atoms with Crippen LogP contribution in [0.15, 0.2) is 36.5 Å². The Bertz CT molecular complexity index is 648. The maximum Gasteiger partial charge on any atom is 0.274 e. The Balaban J connectivity index is 1.67. The molecule has 1 saturated carbocycles. The molecule has 5 heteroatoms. The first-order valence-corrected chi connectivity index (χ1v) is 7.68. The summed E-state index contributed by atoms with van der Waals surface area (Å²) in [4.78, 5) is 20.8. The maximum atomic E-state index is 12.3. The van der Waals surface area contributed by atoms with Gasteiger partial charge in [-0.3, -0.25) is 4.79 Å². The molecule has 0 saturated heterocycles. The van der Waals surface area contributed by atoms with Crippen molar-refractivity contribution in [3.05, 3.63) is 47.8 Å². The second-order valence-corrected chi connectivity index (χ2v) is 5.71. The molecule has 0 unspecified atom stereocenters. The molecule has 1 heterocycles. The number of benzene rings is 1. The fourth-order valence-electron chi connectivity index (χ4n) is 2.64. The Morgan fingerprint density at radius 2 is 1.86 bits per heavy atom.